The number of aryl methyl sites for hydroxylation is 3. The lowest BCUT2D eigenvalue weighted by atomic mass is 9.77. The van der Waals surface area contributed by atoms with Gasteiger partial charge in [-0.2, -0.15) is 4.98 Å². The van der Waals surface area contributed by atoms with Crippen molar-refractivity contribution in [3.8, 4) is 0 Å². The third-order valence-electron chi connectivity index (χ3n) is 7.09. The zero-order valence-corrected chi connectivity index (χ0v) is 19.2. The second kappa shape index (κ2) is 9.22. The van der Waals surface area contributed by atoms with Crippen molar-refractivity contribution in [3.63, 3.8) is 0 Å². The van der Waals surface area contributed by atoms with E-state index in [2.05, 4.69) is 75.1 Å². The fourth-order valence-electron chi connectivity index (χ4n) is 4.97. The molecule has 2 aliphatic heterocycles. The topological polar surface area (TPSA) is 70.2 Å². The number of nitrogens with one attached hydrogen (secondary N) is 2. The van der Waals surface area contributed by atoms with Gasteiger partial charge in [0.05, 0.1) is 5.41 Å². The van der Waals surface area contributed by atoms with E-state index in [1.807, 2.05) is 13.1 Å². The quantitative estimate of drug-likeness (QED) is 0.593. The Morgan fingerprint density at radius 2 is 1.67 bits per heavy atom. The largest absolute Gasteiger partial charge is 0.356 e. The average Bonchev–Trinajstić information content (AvgIpc) is 3.20. The Hall–Kier alpha value is -3.41. The molecule has 0 saturated carbocycles. The van der Waals surface area contributed by atoms with E-state index in [4.69, 9.17) is 4.98 Å². The van der Waals surface area contributed by atoms with Crippen molar-refractivity contribution in [3.05, 3.63) is 77.5 Å². The van der Waals surface area contributed by atoms with Gasteiger partial charge in [0, 0.05) is 37.1 Å². The summed E-state index contributed by atoms with van der Waals surface area (Å²) in [6, 6.07) is 19.1. The van der Waals surface area contributed by atoms with Gasteiger partial charge in [-0.15, -0.1) is 0 Å². The highest BCUT2D eigenvalue weighted by Gasteiger charge is 2.44. The lowest BCUT2D eigenvalue weighted by Gasteiger charge is -2.38. The Kier molecular flexibility index (Phi) is 5.99. The molecule has 2 N–H and O–H groups in total. The summed E-state index contributed by atoms with van der Waals surface area (Å²) in [7, 11) is 0. The van der Waals surface area contributed by atoms with Gasteiger partial charge >= 0.3 is 0 Å². The number of anilines is 3. The first-order valence-electron chi connectivity index (χ1n) is 11.9. The molecule has 0 radical (unpaired) electrons. The number of amides is 1. The van der Waals surface area contributed by atoms with Gasteiger partial charge in [0.25, 0.3) is 0 Å². The molecule has 6 nitrogen and oxygen atoms in total. The summed E-state index contributed by atoms with van der Waals surface area (Å²) in [4.78, 5) is 23.9. The molecule has 0 aliphatic carbocycles. The Bertz CT molecular complexity index is 1110. The van der Waals surface area contributed by atoms with Crippen molar-refractivity contribution in [2.75, 3.05) is 29.9 Å². The van der Waals surface area contributed by atoms with Gasteiger partial charge in [0.15, 0.2) is 0 Å². The van der Waals surface area contributed by atoms with E-state index in [9.17, 15) is 4.79 Å². The molecule has 0 bridgehead atoms. The van der Waals surface area contributed by atoms with E-state index < -0.39 is 0 Å². The third-order valence-corrected chi connectivity index (χ3v) is 7.09. The van der Waals surface area contributed by atoms with Crippen LogP contribution in [0.4, 0.5) is 17.5 Å². The minimum absolute atomic E-state index is 0.166. The first-order valence-corrected chi connectivity index (χ1v) is 11.9. The van der Waals surface area contributed by atoms with Crippen LogP contribution in [0.1, 0.15) is 36.0 Å². The molecule has 1 spiro atoms. The smallest absolute Gasteiger partial charge is 0.229 e. The number of hydrogen-bond donors (Lipinski definition) is 2. The van der Waals surface area contributed by atoms with Gasteiger partial charge in [-0.25, -0.2) is 4.98 Å². The van der Waals surface area contributed by atoms with Gasteiger partial charge < -0.3 is 15.5 Å². The number of hydrogen-bond acceptors (Lipinski definition) is 5. The van der Waals surface area contributed by atoms with E-state index in [1.54, 1.807) is 0 Å². The Labute approximate surface area is 195 Å². The summed E-state index contributed by atoms with van der Waals surface area (Å²) in [5, 5.41) is 6.36. The fraction of sp³-hybridized carbons (Fsp3) is 0.370. The van der Waals surface area contributed by atoms with Crippen LogP contribution in [-0.2, 0) is 17.6 Å². The first kappa shape index (κ1) is 21.4. The summed E-state index contributed by atoms with van der Waals surface area (Å²) in [6.07, 6.45) is 6.66. The van der Waals surface area contributed by atoms with E-state index in [1.165, 1.54) is 11.1 Å². The molecule has 3 aromatic rings. The van der Waals surface area contributed by atoms with Crippen molar-refractivity contribution in [1.29, 1.82) is 0 Å². The van der Waals surface area contributed by atoms with Crippen LogP contribution in [0.15, 0.2) is 60.8 Å². The molecule has 0 atom stereocenters. The van der Waals surface area contributed by atoms with Crippen molar-refractivity contribution >= 4 is 23.4 Å². The zero-order valence-electron chi connectivity index (χ0n) is 19.2. The van der Waals surface area contributed by atoms with Crippen LogP contribution in [0.3, 0.4) is 0 Å². The normalized spacial score (nSPS) is 17.2. The number of rotatable bonds is 6. The number of carbonyl (C=O) groups is 1. The van der Waals surface area contributed by atoms with Gasteiger partial charge in [0.2, 0.25) is 11.9 Å². The summed E-state index contributed by atoms with van der Waals surface area (Å²) >= 11 is 0. The number of piperidine rings is 1. The lowest BCUT2D eigenvalue weighted by Crippen LogP contribution is -2.44. The zero-order chi connectivity index (χ0) is 22.7. The molecule has 1 amide bonds. The molecule has 0 unspecified atom stereocenters. The summed E-state index contributed by atoms with van der Waals surface area (Å²) in [5.41, 5.74) is 4.54. The SMILES string of the molecule is Cc1cnc(Nc2ccc(CCc3ccccc3)cc2)nc1N1CCC2(CCNC2=O)CC1. The predicted octanol–water partition coefficient (Wildman–Crippen LogP) is 4.42. The Balaban J connectivity index is 1.22. The molecule has 170 valence electrons. The highest BCUT2D eigenvalue weighted by atomic mass is 16.2. The Morgan fingerprint density at radius 1 is 0.970 bits per heavy atom. The van der Waals surface area contributed by atoms with Gasteiger partial charge in [-0.3, -0.25) is 4.79 Å². The highest BCUT2D eigenvalue weighted by Crippen LogP contribution is 2.39. The number of carbonyl (C=O) groups excluding carboxylic acids is 1. The molecule has 2 aromatic carbocycles. The first-order chi connectivity index (χ1) is 16.1. The monoisotopic (exact) mass is 441 g/mol. The van der Waals surface area contributed by atoms with Crippen molar-refractivity contribution in [1.82, 2.24) is 15.3 Å². The maximum absolute atomic E-state index is 12.3. The highest BCUT2D eigenvalue weighted by molar-refractivity contribution is 5.85. The van der Waals surface area contributed by atoms with Crippen LogP contribution >= 0.6 is 0 Å². The molecular formula is C27H31N5O. The summed E-state index contributed by atoms with van der Waals surface area (Å²) in [6.45, 7) is 4.55. The maximum atomic E-state index is 12.3. The molecule has 5 rings (SSSR count). The minimum atomic E-state index is -0.166. The lowest BCUT2D eigenvalue weighted by molar-refractivity contribution is -0.128. The summed E-state index contributed by atoms with van der Waals surface area (Å²) < 4.78 is 0. The minimum Gasteiger partial charge on any atom is -0.356 e. The molecule has 2 fully saturated rings. The predicted molar refractivity (Wildman–Crippen MR) is 132 cm³/mol. The second-order valence-corrected chi connectivity index (χ2v) is 9.28. The fourth-order valence-corrected chi connectivity index (χ4v) is 4.97. The Morgan fingerprint density at radius 3 is 2.33 bits per heavy atom. The van der Waals surface area contributed by atoms with Gasteiger partial charge in [0.1, 0.15) is 5.82 Å². The van der Waals surface area contributed by atoms with Crippen LogP contribution < -0.4 is 15.5 Å². The molecule has 1 aromatic heterocycles. The number of aromatic nitrogens is 2. The van der Waals surface area contributed by atoms with Crippen LogP contribution in [0.5, 0.6) is 0 Å². The number of nitrogens with zero attached hydrogens (tertiary/aromatic N) is 3. The molecular weight excluding hydrogens is 410 g/mol. The molecule has 3 heterocycles. The maximum Gasteiger partial charge on any atom is 0.229 e. The van der Waals surface area contributed by atoms with Gasteiger partial charge in [-0.1, -0.05) is 42.5 Å². The standard InChI is InChI=1S/C27H31N5O/c1-20-19-29-26(31-24(20)32-17-14-27(15-18-32)13-16-28-25(27)33)30-23-11-9-22(10-12-23)8-7-21-5-3-2-4-6-21/h2-6,9-12,19H,7-8,13-18H2,1H3,(H,28,33)(H,29,30,31). The second-order valence-electron chi connectivity index (χ2n) is 9.28. The molecule has 2 saturated heterocycles. The van der Waals surface area contributed by atoms with E-state index in [0.29, 0.717) is 5.95 Å². The van der Waals surface area contributed by atoms with Gasteiger partial charge in [-0.05, 0) is 62.3 Å². The molecule has 2 aliphatic rings. The molecule has 6 heteroatoms. The third kappa shape index (κ3) is 4.70. The van der Waals surface area contributed by atoms with E-state index >= 15 is 0 Å². The van der Waals surface area contributed by atoms with Crippen molar-refractivity contribution in [2.24, 2.45) is 5.41 Å². The van der Waals surface area contributed by atoms with Crippen LogP contribution in [0, 0.1) is 12.3 Å². The average molecular weight is 442 g/mol. The van der Waals surface area contributed by atoms with Crippen molar-refractivity contribution < 1.29 is 4.79 Å². The van der Waals surface area contributed by atoms with E-state index in [0.717, 1.165) is 68.8 Å². The van der Waals surface area contributed by atoms with Crippen LogP contribution in [0.25, 0.3) is 0 Å². The number of benzene rings is 2. The molecule has 33 heavy (non-hydrogen) atoms. The van der Waals surface area contributed by atoms with Crippen LogP contribution in [0.2, 0.25) is 0 Å². The van der Waals surface area contributed by atoms with E-state index in [-0.39, 0.29) is 11.3 Å². The summed E-state index contributed by atoms with van der Waals surface area (Å²) in [5.74, 6) is 1.79. The van der Waals surface area contributed by atoms with Crippen LogP contribution in [-0.4, -0.2) is 35.5 Å². The van der Waals surface area contributed by atoms with Crippen molar-refractivity contribution in [2.45, 2.75) is 39.0 Å².